The molecule has 0 saturated carbocycles. The maximum atomic E-state index is 13.3. The molecule has 1 saturated heterocycles. The van der Waals surface area contributed by atoms with Crippen LogP contribution >= 0.6 is 0 Å². The highest BCUT2D eigenvalue weighted by molar-refractivity contribution is 6.10. The van der Waals surface area contributed by atoms with Gasteiger partial charge >= 0.3 is 5.97 Å². The molecule has 2 heterocycles. The van der Waals surface area contributed by atoms with E-state index in [0.717, 1.165) is 0 Å². The summed E-state index contributed by atoms with van der Waals surface area (Å²) in [4.78, 5) is 53.8. The summed E-state index contributed by atoms with van der Waals surface area (Å²) in [7, 11) is 1.30. The molecule has 2 aliphatic rings. The molecule has 2 aromatic rings. The van der Waals surface area contributed by atoms with E-state index in [0.29, 0.717) is 40.9 Å². The lowest BCUT2D eigenvalue weighted by Crippen LogP contribution is -2.62. The molecule has 8 nitrogen and oxygen atoms in total. The molecule has 0 bridgehead atoms. The Balaban J connectivity index is 1.53. The summed E-state index contributed by atoms with van der Waals surface area (Å²) in [6, 6.07) is 12.1. The number of hydrogen-bond acceptors (Lipinski definition) is 5. The third-order valence-corrected chi connectivity index (χ3v) is 6.32. The Morgan fingerprint density at radius 3 is 2.62 bits per heavy atom. The Morgan fingerprint density at radius 1 is 1.12 bits per heavy atom. The monoisotopic (exact) mass is 435 g/mol. The van der Waals surface area contributed by atoms with Gasteiger partial charge in [-0.15, -0.1) is 0 Å². The van der Waals surface area contributed by atoms with Crippen molar-refractivity contribution in [1.29, 1.82) is 0 Å². The van der Waals surface area contributed by atoms with Gasteiger partial charge in [0.1, 0.15) is 5.66 Å². The van der Waals surface area contributed by atoms with Crippen LogP contribution in [0.5, 0.6) is 0 Å². The molecular formula is C24H25N3O5. The van der Waals surface area contributed by atoms with Crippen LogP contribution < -0.4 is 10.2 Å². The van der Waals surface area contributed by atoms with Gasteiger partial charge in [0.05, 0.1) is 23.9 Å². The smallest absolute Gasteiger partial charge is 0.338 e. The number of methoxy groups -OCH3 is 1. The maximum absolute atomic E-state index is 13.3. The zero-order chi connectivity index (χ0) is 23.0. The van der Waals surface area contributed by atoms with E-state index in [4.69, 9.17) is 4.74 Å². The highest BCUT2D eigenvalue weighted by Crippen LogP contribution is 2.43. The van der Waals surface area contributed by atoms with Crippen LogP contribution in [-0.4, -0.2) is 47.9 Å². The van der Waals surface area contributed by atoms with Gasteiger partial charge in [0.15, 0.2) is 0 Å². The molecule has 166 valence electrons. The number of nitrogens with zero attached hydrogens (tertiary/aromatic N) is 2. The summed E-state index contributed by atoms with van der Waals surface area (Å²) in [6.45, 7) is 3.76. The average molecular weight is 435 g/mol. The molecule has 3 amide bonds. The van der Waals surface area contributed by atoms with Crippen molar-refractivity contribution in [2.75, 3.05) is 23.9 Å². The van der Waals surface area contributed by atoms with Crippen molar-refractivity contribution in [1.82, 2.24) is 4.90 Å². The van der Waals surface area contributed by atoms with Crippen LogP contribution in [0, 0.1) is 6.92 Å². The molecular weight excluding hydrogens is 410 g/mol. The normalized spacial score (nSPS) is 19.5. The molecule has 0 aliphatic carbocycles. The number of carbonyl (C=O) groups excluding carboxylic acids is 4. The fourth-order valence-electron chi connectivity index (χ4n) is 4.57. The lowest BCUT2D eigenvalue weighted by Gasteiger charge is -2.48. The predicted molar refractivity (Wildman–Crippen MR) is 118 cm³/mol. The highest BCUT2D eigenvalue weighted by Gasteiger charge is 2.52. The first-order chi connectivity index (χ1) is 15.3. The Bertz CT molecular complexity index is 1130. The van der Waals surface area contributed by atoms with Crippen molar-refractivity contribution in [3.63, 3.8) is 0 Å². The number of carbonyl (C=O) groups is 4. The van der Waals surface area contributed by atoms with E-state index in [-0.39, 0.29) is 30.7 Å². The third-order valence-electron chi connectivity index (χ3n) is 6.32. The first kappa shape index (κ1) is 21.5. The second-order valence-electron chi connectivity index (χ2n) is 8.19. The second-order valence-corrected chi connectivity index (χ2v) is 8.19. The molecule has 2 aromatic carbocycles. The molecule has 1 unspecified atom stereocenters. The number of para-hydroxylation sites is 1. The van der Waals surface area contributed by atoms with Gasteiger partial charge in [-0.3, -0.25) is 19.3 Å². The summed E-state index contributed by atoms with van der Waals surface area (Å²) >= 11 is 0. The van der Waals surface area contributed by atoms with E-state index in [1.54, 1.807) is 53.1 Å². The first-order valence-electron chi connectivity index (χ1n) is 10.5. The van der Waals surface area contributed by atoms with E-state index < -0.39 is 11.6 Å². The second kappa shape index (κ2) is 8.11. The number of anilines is 2. The van der Waals surface area contributed by atoms with Crippen molar-refractivity contribution in [3.05, 3.63) is 59.2 Å². The number of rotatable bonds is 5. The topological polar surface area (TPSA) is 96.0 Å². The molecule has 1 fully saturated rings. The van der Waals surface area contributed by atoms with Crippen molar-refractivity contribution < 1.29 is 23.9 Å². The molecule has 1 N–H and O–H groups in total. The number of fused-ring (bicyclic) bond motifs is 3. The van der Waals surface area contributed by atoms with Gasteiger partial charge in [-0.25, -0.2) is 4.79 Å². The van der Waals surface area contributed by atoms with Gasteiger partial charge in [0.25, 0.3) is 5.91 Å². The summed E-state index contributed by atoms with van der Waals surface area (Å²) in [6.07, 6.45) is 0.904. The number of benzene rings is 2. The minimum atomic E-state index is -0.802. The minimum absolute atomic E-state index is 0.0304. The highest BCUT2D eigenvalue weighted by atomic mass is 16.5. The number of hydrogen-bond donors (Lipinski definition) is 1. The summed E-state index contributed by atoms with van der Waals surface area (Å²) in [5, 5.41) is 2.82. The largest absolute Gasteiger partial charge is 0.465 e. The molecule has 0 radical (unpaired) electrons. The quantitative estimate of drug-likeness (QED) is 0.728. The van der Waals surface area contributed by atoms with Gasteiger partial charge in [0, 0.05) is 25.1 Å². The Hall–Kier alpha value is -3.68. The van der Waals surface area contributed by atoms with Crippen LogP contribution in [0.15, 0.2) is 42.5 Å². The first-order valence-corrected chi connectivity index (χ1v) is 10.5. The predicted octanol–water partition coefficient (Wildman–Crippen LogP) is 3.11. The van der Waals surface area contributed by atoms with Crippen LogP contribution in [0.3, 0.4) is 0 Å². The molecule has 2 aliphatic heterocycles. The van der Waals surface area contributed by atoms with Crippen molar-refractivity contribution in [2.45, 2.75) is 38.8 Å². The van der Waals surface area contributed by atoms with Gasteiger partial charge in [-0.1, -0.05) is 18.2 Å². The number of nitrogens with one attached hydrogen (secondary N) is 1. The van der Waals surface area contributed by atoms with Gasteiger partial charge in [0.2, 0.25) is 11.8 Å². The van der Waals surface area contributed by atoms with Gasteiger partial charge in [-0.2, -0.15) is 0 Å². The van der Waals surface area contributed by atoms with Crippen LogP contribution in [0.4, 0.5) is 11.4 Å². The fraction of sp³-hybridized carbons (Fsp3) is 0.333. The molecule has 8 heteroatoms. The van der Waals surface area contributed by atoms with E-state index in [9.17, 15) is 19.2 Å². The number of amides is 3. The molecule has 4 rings (SSSR count). The van der Waals surface area contributed by atoms with Gasteiger partial charge in [-0.05, 0) is 50.1 Å². The summed E-state index contributed by atoms with van der Waals surface area (Å²) in [5.41, 5.74) is 1.78. The van der Waals surface area contributed by atoms with Crippen LogP contribution in [0.1, 0.15) is 52.5 Å². The standard InChI is InChI=1S/C24H25N3O5/c1-15-16(23(31)32-3)8-6-9-18(15)25-20(28)12-14-26-22(30)17-7-4-5-10-19(17)27-21(29)11-13-24(26,27)2/h4-10H,11-14H2,1-3H3,(H,25,28). The average Bonchev–Trinajstić information content (AvgIpc) is 3.09. The molecule has 1 atom stereocenters. The Morgan fingerprint density at radius 2 is 1.88 bits per heavy atom. The third kappa shape index (κ3) is 3.41. The number of esters is 1. The van der Waals surface area contributed by atoms with Crippen LogP contribution in [0.2, 0.25) is 0 Å². The van der Waals surface area contributed by atoms with Crippen molar-refractivity contribution in [2.24, 2.45) is 0 Å². The zero-order valence-electron chi connectivity index (χ0n) is 18.3. The fourth-order valence-corrected chi connectivity index (χ4v) is 4.57. The van der Waals surface area contributed by atoms with Crippen LogP contribution in [0.25, 0.3) is 0 Å². The zero-order valence-corrected chi connectivity index (χ0v) is 18.3. The Labute approximate surface area is 186 Å². The van der Waals surface area contributed by atoms with E-state index in [1.165, 1.54) is 7.11 Å². The lowest BCUT2D eigenvalue weighted by atomic mass is 9.98. The van der Waals surface area contributed by atoms with Crippen molar-refractivity contribution in [3.8, 4) is 0 Å². The van der Waals surface area contributed by atoms with Crippen molar-refractivity contribution >= 4 is 35.1 Å². The Kier molecular flexibility index (Phi) is 5.46. The molecule has 32 heavy (non-hydrogen) atoms. The van der Waals surface area contributed by atoms with E-state index in [2.05, 4.69) is 5.32 Å². The molecule has 0 aromatic heterocycles. The number of ether oxygens (including phenoxy) is 1. The maximum Gasteiger partial charge on any atom is 0.338 e. The van der Waals surface area contributed by atoms with Gasteiger partial charge < -0.3 is 15.0 Å². The molecule has 0 spiro atoms. The minimum Gasteiger partial charge on any atom is -0.465 e. The van der Waals surface area contributed by atoms with E-state index in [1.807, 2.05) is 13.0 Å². The van der Waals surface area contributed by atoms with E-state index >= 15 is 0 Å². The summed E-state index contributed by atoms with van der Waals surface area (Å²) in [5.74, 6) is -0.987. The van der Waals surface area contributed by atoms with Crippen LogP contribution in [-0.2, 0) is 14.3 Å². The summed E-state index contributed by atoms with van der Waals surface area (Å²) < 4.78 is 4.78. The SMILES string of the molecule is COC(=O)c1cccc(NC(=O)CCN2C(=O)c3ccccc3N3C(=O)CCC23C)c1C. The lowest BCUT2D eigenvalue weighted by molar-refractivity contribution is -0.117.